The number of benzene rings is 2. The molecule has 1 aliphatic heterocycles. The first kappa shape index (κ1) is 30.0. The number of hydrogen-bond donors (Lipinski definition) is 0. The highest BCUT2D eigenvalue weighted by molar-refractivity contribution is 7.89. The van der Waals surface area contributed by atoms with Gasteiger partial charge in [0.25, 0.3) is 0 Å². The van der Waals surface area contributed by atoms with Crippen LogP contribution in [0.1, 0.15) is 23.3 Å². The Hall–Kier alpha value is -3.51. The second kappa shape index (κ2) is 13.6. The highest BCUT2D eigenvalue weighted by Gasteiger charge is 2.33. The number of methoxy groups -OCH3 is 2. The lowest BCUT2D eigenvalue weighted by Crippen LogP contribution is -2.45. The molecule has 0 N–H and O–H groups in total. The van der Waals surface area contributed by atoms with Crippen LogP contribution in [0.15, 0.2) is 77.1 Å². The SMILES string of the molecule is COc1ccc(CCN(Cc2cccs2)C(=O)CN(C[C@H]2CCCO2)S(=O)(=O)c2cccc3cccnc23)cc1OC. The van der Waals surface area contributed by atoms with E-state index >= 15 is 0 Å². The van der Waals surface area contributed by atoms with Crippen molar-refractivity contribution in [2.45, 2.75) is 36.8 Å². The summed E-state index contributed by atoms with van der Waals surface area (Å²) in [5, 5.41) is 2.69. The van der Waals surface area contributed by atoms with Crippen LogP contribution < -0.4 is 9.47 Å². The van der Waals surface area contributed by atoms with Crippen molar-refractivity contribution in [2.75, 3.05) is 40.5 Å². The topological polar surface area (TPSA) is 98.3 Å². The molecule has 0 unspecified atom stereocenters. The van der Waals surface area contributed by atoms with E-state index in [2.05, 4.69) is 4.98 Å². The van der Waals surface area contributed by atoms with Gasteiger partial charge in [0, 0.05) is 36.2 Å². The number of hydrogen-bond acceptors (Lipinski definition) is 8. The number of fused-ring (bicyclic) bond motifs is 1. The molecule has 0 bridgehead atoms. The van der Waals surface area contributed by atoms with Crippen LogP contribution >= 0.6 is 11.3 Å². The van der Waals surface area contributed by atoms with Gasteiger partial charge in [0.05, 0.1) is 38.9 Å². The first-order valence-corrected chi connectivity index (χ1v) is 16.2. The molecule has 1 atom stereocenters. The Morgan fingerprint density at radius 1 is 1.07 bits per heavy atom. The smallest absolute Gasteiger partial charge is 0.245 e. The molecule has 3 heterocycles. The summed E-state index contributed by atoms with van der Waals surface area (Å²) in [7, 11) is -0.901. The molecule has 11 heteroatoms. The fourth-order valence-corrected chi connectivity index (χ4v) is 7.43. The molecule has 0 spiro atoms. The third kappa shape index (κ3) is 6.92. The van der Waals surface area contributed by atoms with E-state index < -0.39 is 10.0 Å². The molecule has 0 radical (unpaired) electrons. The second-order valence-electron chi connectivity index (χ2n) is 10.1. The van der Waals surface area contributed by atoms with Gasteiger partial charge in [-0.3, -0.25) is 9.78 Å². The number of thiophene rings is 1. The van der Waals surface area contributed by atoms with Crippen LogP contribution in [0.3, 0.4) is 0 Å². The number of sulfonamides is 1. The molecule has 2 aromatic carbocycles. The summed E-state index contributed by atoms with van der Waals surface area (Å²) in [5.74, 6) is 0.966. The molecule has 222 valence electrons. The standard InChI is InChI=1S/C31H35N3O6S2/c1-38-27-13-12-23(19-28(27)39-2)14-16-33(21-26-10-6-18-41-26)30(35)22-34(20-25-9-5-17-40-25)42(36,37)29-11-3-7-24-8-4-15-32-31(24)29/h3-4,6-8,10-13,15,18-19,25H,5,9,14,16-17,20-22H2,1-2H3/t25-/m1/s1. The van der Waals surface area contributed by atoms with Crippen LogP contribution in [0.2, 0.25) is 0 Å². The predicted molar refractivity (Wildman–Crippen MR) is 162 cm³/mol. The lowest BCUT2D eigenvalue weighted by atomic mass is 10.1. The molecule has 1 aliphatic rings. The van der Waals surface area contributed by atoms with Gasteiger partial charge in [-0.15, -0.1) is 11.3 Å². The zero-order chi connectivity index (χ0) is 29.5. The summed E-state index contributed by atoms with van der Waals surface area (Å²) in [6.45, 7) is 1.16. The zero-order valence-corrected chi connectivity index (χ0v) is 25.4. The number of nitrogens with zero attached hydrogens (tertiary/aromatic N) is 3. The number of carbonyl (C=O) groups is 1. The van der Waals surface area contributed by atoms with Gasteiger partial charge in [0.15, 0.2) is 11.5 Å². The fourth-order valence-electron chi connectivity index (χ4n) is 5.12. The van der Waals surface area contributed by atoms with Crippen molar-refractivity contribution in [3.05, 3.63) is 82.7 Å². The molecule has 0 aliphatic carbocycles. The van der Waals surface area contributed by atoms with Crippen molar-refractivity contribution >= 4 is 38.2 Å². The highest BCUT2D eigenvalue weighted by Crippen LogP contribution is 2.29. The van der Waals surface area contributed by atoms with Crippen LogP contribution in [0.25, 0.3) is 10.9 Å². The Balaban J connectivity index is 1.42. The van der Waals surface area contributed by atoms with Gasteiger partial charge in [0.1, 0.15) is 4.90 Å². The molecule has 4 aromatic rings. The van der Waals surface area contributed by atoms with Crippen LogP contribution in [0.5, 0.6) is 11.5 Å². The molecule has 9 nitrogen and oxygen atoms in total. The normalized spacial score (nSPS) is 15.3. The predicted octanol–water partition coefficient (Wildman–Crippen LogP) is 4.75. The summed E-state index contributed by atoms with van der Waals surface area (Å²) >= 11 is 1.56. The van der Waals surface area contributed by atoms with Gasteiger partial charge >= 0.3 is 0 Å². The fraction of sp³-hybridized carbons (Fsp3) is 0.355. The maximum absolute atomic E-state index is 14.2. The minimum Gasteiger partial charge on any atom is -0.493 e. The van der Waals surface area contributed by atoms with E-state index in [1.807, 2.05) is 47.8 Å². The van der Waals surface area contributed by atoms with Gasteiger partial charge in [-0.2, -0.15) is 4.31 Å². The van der Waals surface area contributed by atoms with Crippen molar-refractivity contribution in [1.29, 1.82) is 0 Å². The van der Waals surface area contributed by atoms with Crippen LogP contribution in [-0.4, -0.2) is 75.1 Å². The molecule has 5 rings (SSSR count). The van der Waals surface area contributed by atoms with Gasteiger partial charge in [0.2, 0.25) is 15.9 Å². The van der Waals surface area contributed by atoms with Crippen molar-refractivity contribution in [3.63, 3.8) is 0 Å². The highest BCUT2D eigenvalue weighted by atomic mass is 32.2. The largest absolute Gasteiger partial charge is 0.493 e. The molecule has 1 fully saturated rings. The summed E-state index contributed by atoms with van der Waals surface area (Å²) < 4.78 is 46.2. The molecular weight excluding hydrogens is 574 g/mol. The van der Waals surface area contributed by atoms with E-state index in [-0.39, 0.29) is 30.0 Å². The van der Waals surface area contributed by atoms with E-state index in [0.717, 1.165) is 28.7 Å². The average Bonchev–Trinajstić information content (AvgIpc) is 3.73. The Bertz CT molecular complexity index is 1600. The minimum absolute atomic E-state index is 0.0848. The minimum atomic E-state index is -4.07. The summed E-state index contributed by atoms with van der Waals surface area (Å²) in [6.07, 6.45) is 3.47. The van der Waals surface area contributed by atoms with Crippen molar-refractivity contribution in [2.24, 2.45) is 0 Å². The molecule has 1 saturated heterocycles. The van der Waals surface area contributed by atoms with Crippen molar-refractivity contribution in [3.8, 4) is 11.5 Å². The molecule has 2 aromatic heterocycles. The summed E-state index contributed by atoms with van der Waals surface area (Å²) in [5.41, 5.74) is 1.36. The van der Waals surface area contributed by atoms with Crippen LogP contribution in [0, 0.1) is 0 Å². The molecular formula is C31H35N3O6S2. The lowest BCUT2D eigenvalue weighted by Gasteiger charge is -2.28. The third-order valence-corrected chi connectivity index (χ3v) is 10.1. The quantitative estimate of drug-likeness (QED) is 0.216. The Morgan fingerprint density at radius 2 is 1.90 bits per heavy atom. The Kier molecular flexibility index (Phi) is 9.73. The van der Waals surface area contributed by atoms with E-state index in [9.17, 15) is 13.2 Å². The van der Waals surface area contributed by atoms with Gasteiger partial charge in [-0.05, 0) is 60.5 Å². The first-order valence-electron chi connectivity index (χ1n) is 13.9. The van der Waals surface area contributed by atoms with Crippen LogP contribution in [-0.2, 0) is 32.5 Å². The van der Waals surface area contributed by atoms with Gasteiger partial charge in [-0.25, -0.2) is 8.42 Å². The number of rotatable bonds is 13. The molecule has 42 heavy (non-hydrogen) atoms. The number of amides is 1. The lowest BCUT2D eigenvalue weighted by molar-refractivity contribution is -0.132. The van der Waals surface area contributed by atoms with Crippen molar-refractivity contribution in [1.82, 2.24) is 14.2 Å². The Morgan fingerprint density at radius 3 is 2.64 bits per heavy atom. The van der Waals surface area contributed by atoms with E-state index in [4.69, 9.17) is 14.2 Å². The zero-order valence-electron chi connectivity index (χ0n) is 23.8. The van der Waals surface area contributed by atoms with E-state index in [1.165, 1.54) is 4.31 Å². The third-order valence-electron chi connectivity index (χ3n) is 7.35. The maximum Gasteiger partial charge on any atom is 0.245 e. The average molecular weight is 610 g/mol. The number of carbonyl (C=O) groups excluding carboxylic acids is 1. The number of pyridine rings is 1. The molecule has 0 saturated carbocycles. The van der Waals surface area contributed by atoms with E-state index in [0.29, 0.717) is 43.1 Å². The number of ether oxygens (including phenoxy) is 3. The Labute approximate surface area is 250 Å². The second-order valence-corrected chi connectivity index (χ2v) is 13.0. The first-order chi connectivity index (χ1) is 20.4. The van der Waals surface area contributed by atoms with E-state index in [1.54, 1.807) is 54.9 Å². The summed E-state index contributed by atoms with van der Waals surface area (Å²) in [6, 6.07) is 18.3. The van der Waals surface area contributed by atoms with Crippen LogP contribution in [0.4, 0.5) is 0 Å². The summed E-state index contributed by atoms with van der Waals surface area (Å²) in [4.78, 5) is 21.2. The monoisotopic (exact) mass is 609 g/mol. The van der Waals surface area contributed by atoms with Gasteiger partial charge in [-0.1, -0.05) is 30.3 Å². The number of aromatic nitrogens is 1. The maximum atomic E-state index is 14.2. The molecule has 1 amide bonds. The number of para-hydroxylation sites is 1. The van der Waals surface area contributed by atoms with Crippen molar-refractivity contribution < 1.29 is 27.4 Å². The van der Waals surface area contributed by atoms with Gasteiger partial charge < -0.3 is 19.1 Å².